The van der Waals surface area contributed by atoms with E-state index in [9.17, 15) is 13.2 Å². The van der Waals surface area contributed by atoms with Gasteiger partial charge in [-0.05, 0) is 79.1 Å². The lowest BCUT2D eigenvalue weighted by atomic mass is 10.1. The van der Waals surface area contributed by atoms with E-state index in [1.807, 2.05) is 24.0 Å². The summed E-state index contributed by atoms with van der Waals surface area (Å²) in [5, 5.41) is 0.475. The molecule has 5 nitrogen and oxygen atoms in total. The van der Waals surface area contributed by atoms with Crippen LogP contribution in [0.25, 0.3) is 0 Å². The fraction of sp³-hybridized carbons (Fsp3) is 0.208. The Hall–Kier alpha value is -2.35. The zero-order valence-corrected chi connectivity index (χ0v) is 20.8. The minimum absolute atomic E-state index is 0.0217. The van der Waals surface area contributed by atoms with Crippen LogP contribution in [-0.2, 0) is 27.7 Å². The highest BCUT2D eigenvalue weighted by Gasteiger charge is 2.31. The van der Waals surface area contributed by atoms with Gasteiger partial charge in [0.25, 0.3) is 10.0 Å². The van der Waals surface area contributed by atoms with E-state index in [1.54, 1.807) is 36.4 Å². The molecule has 0 aromatic heterocycles. The fourth-order valence-electron chi connectivity index (χ4n) is 3.97. The van der Waals surface area contributed by atoms with Gasteiger partial charge < -0.3 is 4.90 Å². The van der Waals surface area contributed by atoms with Gasteiger partial charge in [0, 0.05) is 28.3 Å². The third kappa shape index (κ3) is 4.42. The number of benzene rings is 3. The van der Waals surface area contributed by atoms with Crippen molar-refractivity contribution in [3.05, 3.63) is 87.4 Å². The largest absolute Gasteiger partial charge is 0.309 e. The van der Waals surface area contributed by atoms with E-state index < -0.39 is 10.0 Å². The highest BCUT2D eigenvalue weighted by Crippen LogP contribution is 2.34. The van der Waals surface area contributed by atoms with Crippen molar-refractivity contribution in [2.75, 3.05) is 16.3 Å². The fourth-order valence-corrected chi connectivity index (χ4v) is 5.70. The van der Waals surface area contributed by atoms with Crippen LogP contribution >= 0.6 is 27.5 Å². The first kappa shape index (κ1) is 22.8. The Morgan fingerprint density at radius 2 is 1.75 bits per heavy atom. The van der Waals surface area contributed by atoms with Crippen molar-refractivity contribution in [2.45, 2.75) is 30.7 Å². The lowest BCUT2D eigenvalue weighted by Crippen LogP contribution is -2.36. The van der Waals surface area contributed by atoms with Crippen LogP contribution in [0.15, 0.2) is 76.1 Å². The standard InChI is InChI=1S/C24H22BrClN2O3S/c1-16-13-18-15-19(25)5-12-23(18)28(16)24(29)14-17-3-8-21(9-4-17)27(2)32(30,31)22-10-6-20(26)7-11-22/h3-12,15-16H,13-14H2,1-2H3/t16-/m1/s1. The molecule has 0 saturated carbocycles. The predicted octanol–water partition coefficient (Wildman–Crippen LogP) is 5.45. The Morgan fingerprint density at radius 1 is 1.09 bits per heavy atom. The van der Waals surface area contributed by atoms with Crippen molar-refractivity contribution >= 4 is 54.8 Å². The SMILES string of the molecule is C[C@@H]1Cc2cc(Br)ccc2N1C(=O)Cc1ccc(N(C)S(=O)(=O)c2ccc(Cl)cc2)cc1. The molecule has 166 valence electrons. The normalized spacial score (nSPS) is 15.5. The predicted molar refractivity (Wildman–Crippen MR) is 132 cm³/mol. The van der Waals surface area contributed by atoms with E-state index in [-0.39, 0.29) is 23.3 Å². The summed E-state index contributed by atoms with van der Waals surface area (Å²) in [5.41, 5.74) is 3.45. The maximum absolute atomic E-state index is 13.1. The summed E-state index contributed by atoms with van der Waals surface area (Å²) in [4.78, 5) is 15.1. The van der Waals surface area contributed by atoms with Gasteiger partial charge in [-0.15, -0.1) is 0 Å². The number of amides is 1. The van der Waals surface area contributed by atoms with Crippen LogP contribution in [-0.4, -0.2) is 27.4 Å². The molecule has 1 atom stereocenters. The highest BCUT2D eigenvalue weighted by atomic mass is 79.9. The quantitative estimate of drug-likeness (QED) is 0.438. The van der Waals surface area contributed by atoms with Gasteiger partial charge in [0.05, 0.1) is 17.0 Å². The first-order chi connectivity index (χ1) is 15.2. The van der Waals surface area contributed by atoms with E-state index in [4.69, 9.17) is 11.6 Å². The second kappa shape index (κ2) is 8.89. The molecule has 0 aliphatic carbocycles. The lowest BCUT2D eigenvalue weighted by molar-refractivity contribution is -0.118. The topological polar surface area (TPSA) is 57.7 Å². The van der Waals surface area contributed by atoms with Crippen molar-refractivity contribution in [2.24, 2.45) is 0 Å². The third-order valence-electron chi connectivity index (χ3n) is 5.65. The van der Waals surface area contributed by atoms with Crippen LogP contribution in [0.4, 0.5) is 11.4 Å². The summed E-state index contributed by atoms with van der Waals surface area (Å²) in [7, 11) is -2.20. The van der Waals surface area contributed by atoms with Crippen molar-refractivity contribution < 1.29 is 13.2 Å². The summed E-state index contributed by atoms with van der Waals surface area (Å²) in [6.07, 6.45) is 1.07. The Bertz CT molecular complexity index is 1260. The zero-order valence-electron chi connectivity index (χ0n) is 17.6. The molecule has 8 heteroatoms. The number of carbonyl (C=O) groups excluding carboxylic acids is 1. The molecule has 1 heterocycles. The van der Waals surface area contributed by atoms with Gasteiger partial charge in [0.15, 0.2) is 0 Å². The lowest BCUT2D eigenvalue weighted by Gasteiger charge is -2.23. The van der Waals surface area contributed by atoms with Gasteiger partial charge in [0.1, 0.15) is 0 Å². The molecule has 3 aromatic carbocycles. The molecule has 1 amide bonds. The molecule has 1 aliphatic rings. The first-order valence-corrected chi connectivity index (χ1v) is 12.7. The van der Waals surface area contributed by atoms with Gasteiger partial charge in [-0.25, -0.2) is 8.42 Å². The van der Waals surface area contributed by atoms with Crippen LogP contribution in [0, 0.1) is 0 Å². The van der Waals surface area contributed by atoms with Gasteiger partial charge >= 0.3 is 0 Å². The number of hydrogen-bond acceptors (Lipinski definition) is 3. The smallest absolute Gasteiger partial charge is 0.264 e. The van der Waals surface area contributed by atoms with Crippen molar-refractivity contribution in [3.8, 4) is 0 Å². The van der Waals surface area contributed by atoms with Crippen LogP contribution in [0.5, 0.6) is 0 Å². The molecule has 32 heavy (non-hydrogen) atoms. The molecule has 1 aliphatic heterocycles. The molecule has 0 spiro atoms. The van der Waals surface area contributed by atoms with E-state index in [2.05, 4.69) is 22.0 Å². The Morgan fingerprint density at radius 3 is 2.41 bits per heavy atom. The number of anilines is 2. The summed E-state index contributed by atoms with van der Waals surface area (Å²) < 4.78 is 28.0. The van der Waals surface area contributed by atoms with Crippen LogP contribution in [0.1, 0.15) is 18.1 Å². The second-order valence-corrected chi connectivity index (χ2v) is 11.2. The molecule has 0 saturated heterocycles. The monoisotopic (exact) mass is 532 g/mol. The third-order valence-corrected chi connectivity index (χ3v) is 8.20. The number of fused-ring (bicyclic) bond motifs is 1. The zero-order chi connectivity index (χ0) is 23.0. The average molecular weight is 534 g/mol. The maximum atomic E-state index is 13.1. The Kier molecular flexibility index (Phi) is 6.34. The van der Waals surface area contributed by atoms with Gasteiger partial charge in [-0.2, -0.15) is 0 Å². The minimum atomic E-state index is -3.71. The van der Waals surface area contributed by atoms with Crippen LogP contribution in [0.3, 0.4) is 0 Å². The molecular weight excluding hydrogens is 512 g/mol. The Labute approximate surface area is 201 Å². The van der Waals surface area contributed by atoms with Crippen molar-refractivity contribution in [1.82, 2.24) is 0 Å². The molecular formula is C24H22BrClN2O3S. The number of carbonyl (C=O) groups is 1. The van der Waals surface area contributed by atoms with E-state index in [1.165, 1.54) is 23.5 Å². The second-order valence-electron chi connectivity index (χ2n) is 7.86. The van der Waals surface area contributed by atoms with Crippen molar-refractivity contribution in [1.29, 1.82) is 0 Å². The summed E-state index contributed by atoms with van der Waals surface area (Å²) >= 11 is 9.36. The minimum Gasteiger partial charge on any atom is -0.309 e. The summed E-state index contributed by atoms with van der Waals surface area (Å²) in [6, 6.07) is 19.2. The molecule has 0 fully saturated rings. The van der Waals surface area contributed by atoms with E-state index >= 15 is 0 Å². The number of sulfonamides is 1. The summed E-state index contributed by atoms with van der Waals surface area (Å²) in [5.74, 6) is 0.0217. The maximum Gasteiger partial charge on any atom is 0.264 e. The van der Waals surface area contributed by atoms with E-state index in [0.29, 0.717) is 10.7 Å². The molecule has 0 bridgehead atoms. The average Bonchev–Trinajstić information content (AvgIpc) is 3.08. The number of hydrogen-bond donors (Lipinski definition) is 0. The number of nitrogens with zero attached hydrogens (tertiary/aromatic N) is 2. The number of rotatable bonds is 5. The van der Waals surface area contributed by atoms with Gasteiger partial charge in [0.2, 0.25) is 5.91 Å². The van der Waals surface area contributed by atoms with Gasteiger partial charge in [-0.3, -0.25) is 9.10 Å². The highest BCUT2D eigenvalue weighted by molar-refractivity contribution is 9.10. The Balaban J connectivity index is 1.50. The summed E-state index contributed by atoms with van der Waals surface area (Å²) in [6.45, 7) is 2.05. The molecule has 3 aromatic rings. The molecule has 0 N–H and O–H groups in total. The molecule has 4 rings (SSSR count). The van der Waals surface area contributed by atoms with Crippen LogP contribution in [0.2, 0.25) is 5.02 Å². The number of halogens is 2. The molecule has 0 radical (unpaired) electrons. The first-order valence-electron chi connectivity index (χ1n) is 10.1. The van der Waals surface area contributed by atoms with Crippen molar-refractivity contribution in [3.63, 3.8) is 0 Å². The van der Waals surface area contributed by atoms with Crippen LogP contribution < -0.4 is 9.21 Å². The van der Waals surface area contributed by atoms with Gasteiger partial charge in [-0.1, -0.05) is 39.7 Å². The molecule has 0 unspecified atom stereocenters. The van der Waals surface area contributed by atoms with E-state index in [0.717, 1.165) is 27.7 Å².